The largest absolute Gasteiger partial charge is 0.366 e. The number of hydrogen-bond acceptors (Lipinski definition) is 4. The molecule has 3 N–H and O–H groups in total. The van der Waals surface area contributed by atoms with E-state index in [-0.39, 0.29) is 36.8 Å². The lowest BCUT2D eigenvalue weighted by Gasteiger charge is -2.22. The molecule has 1 aromatic heterocycles. The number of aromatic amines is 1. The summed E-state index contributed by atoms with van der Waals surface area (Å²) in [7, 11) is 0. The van der Waals surface area contributed by atoms with Crippen LogP contribution >= 0.6 is 24.8 Å². The third-order valence-corrected chi connectivity index (χ3v) is 4.34. The van der Waals surface area contributed by atoms with Crippen molar-refractivity contribution in [1.82, 2.24) is 20.6 Å². The van der Waals surface area contributed by atoms with Crippen molar-refractivity contribution in [2.24, 2.45) is 0 Å². The lowest BCUT2D eigenvalue weighted by atomic mass is 10.1. The van der Waals surface area contributed by atoms with Crippen molar-refractivity contribution in [1.29, 1.82) is 0 Å². The summed E-state index contributed by atoms with van der Waals surface area (Å²) < 4.78 is 5.43. The summed E-state index contributed by atoms with van der Waals surface area (Å²) in [5, 5.41) is 6.09. The number of benzene rings is 1. The molecule has 2 heterocycles. The second-order valence-corrected chi connectivity index (χ2v) is 6.05. The Balaban J connectivity index is 0.00000156. The zero-order chi connectivity index (χ0) is 16.2. The van der Waals surface area contributed by atoms with Crippen molar-refractivity contribution in [3.8, 4) is 0 Å². The second kappa shape index (κ2) is 9.97. The van der Waals surface area contributed by atoms with Gasteiger partial charge in [-0.15, -0.1) is 24.8 Å². The van der Waals surface area contributed by atoms with E-state index in [1.54, 1.807) is 0 Å². The predicted octanol–water partition coefficient (Wildman–Crippen LogP) is 2.06. The fourth-order valence-corrected chi connectivity index (χ4v) is 2.80. The van der Waals surface area contributed by atoms with Gasteiger partial charge in [0.2, 0.25) is 5.91 Å². The van der Waals surface area contributed by atoms with E-state index in [0.29, 0.717) is 19.7 Å². The van der Waals surface area contributed by atoms with Crippen LogP contribution in [0.4, 0.5) is 0 Å². The molecule has 1 aliphatic rings. The number of carbonyl (C=O) groups excluding carboxylic acids is 1. The van der Waals surface area contributed by atoms with E-state index in [2.05, 4.69) is 46.6 Å². The van der Waals surface area contributed by atoms with Crippen LogP contribution in [0.15, 0.2) is 12.1 Å². The number of nitrogens with one attached hydrogen (secondary N) is 3. The van der Waals surface area contributed by atoms with E-state index < -0.39 is 0 Å². The SMILES string of the molecule is Cc1ccc2[nH]c(CCCNC(=O)C3CNCCO3)nc2c1C.Cl.Cl. The number of nitrogens with zero attached hydrogens (tertiary/aromatic N) is 1. The molecular weight excluding hydrogens is 363 g/mol. The van der Waals surface area contributed by atoms with Gasteiger partial charge in [0, 0.05) is 26.1 Å². The van der Waals surface area contributed by atoms with Gasteiger partial charge in [0.15, 0.2) is 0 Å². The second-order valence-electron chi connectivity index (χ2n) is 6.05. The Bertz CT molecular complexity index is 699. The lowest BCUT2D eigenvalue weighted by molar-refractivity contribution is -0.134. The van der Waals surface area contributed by atoms with Gasteiger partial charge in [0.25, 0.3) is 0 Å². The van der Waals surface area contributed by atoms with Gasteiger partial charge in [0.05, 0.1) is 17.6 Å². The minimum atomic E-state index is -0.361. The molecule has 0 saturated carbocycles. The first-order valence-corrected chi connectivity index (χ1v) is 8.20. The molecule has 3 rings (SSSR count). The minimum Gasteiger partial charge on any atom is -0.366 e. The van der Waals surface area contributed by atoms with Gasteiger partial charge >= 0.3 is 0 Å². The van der Waals surface area contributed by atoms with Gasteiger partial charge in [-0.2, -0.15) is 0 Å². The Morgan fingerprint density at radius 2 is 2.16 bits per heavy atom. The van der Waals surface area contributed by atoms with Crippen LogP contribution in [0, 0.1) is 13.8 Å². The van der Waals surface area contributed by atoms with E-state index in [0.717, 1.165) is 36.2 Å². The maximum absolute atomic E-state index is 11.9. The van der Waals surface area contributed by atoms with E-state index in [1.807, 2.05) is 0 Å². The van der Waals surface area contributed by atoms with E-state index in [1.165, 1.54) is 11.1 Å². The summed E-state index contributed by atoms with van der Waals surface area (Å²) in [6, 6.07) is 4.18. The molecule has 1 aliphatic heterocycles. The highest BCUT2D eigenvalue weighted by molar-refractivity contribution is 5.85. The molecule has 1 unspecified atom stereocenters. The standard InChI is InChI=1S/C17H24N4O2.2ClH/c1-11-5-6-13-16(12(11)2)21-15(20-13)4-3-7-19-17(22)14-10-18-8-9-23-14;;/h5-6,14,18H,3-4,7-10H2,1-2H3,(H,19,22)(H,20,21);2*1H. The van der Waals surface area contributed by atoms with Gasteiger partial charge in [-0.3, -0.25) is 4.79 Å². The molecule has 140 valence electrons. The van der Waals surface area contributed by atoms with Crippen LogP contribution < -0.4 is 10.6 Å². The number of carbonyl (C=O) groups is 1. The first kappa shape index (κ1) is 21.7. The third kappa shape index (κ3) is 5.31. The Labute approximate surface area is 160 Å². The number of aryl methyl sites for hydroxylation is 3. The molecule has 1 saturated heterocycles. The number of amides is 1. The van der Waals surface area contributed by atoms with Crippen LogP contribution in [0.1, 0.15) is 23.4 Å². The number of ether oxygens (including phenoxy) is 1. The molecule has 0 spiro atoms. The monoisotopic (exact) mass is 388 g/mol. The number of fused-ring (bicyclic) bond motifs is 1. The normalized spacial score (nSPS) is 16.8. The number of rotatable bonds is 5. The third-order valence-electron chi connectivity index (χ3n) is 4.34. The van der Waals surface area contributed by atoms with E-state index >= 15 is 0 Å². The highest BCUT2D eigenvalue weighted by Crippen LogP contribution is 2.19. The van der Waals surface area contributed by atoms with Crippen LogP contribution in [0.25, 0.3) is 11.0 Å². The number of halogens is 2. The first-order chi connectivity index (χ1) is 11.1. The highest BCUT2D eigenvalue weighted by atomic mass is 35.5. The van der Waals surface area contributed by atoms with Crippen LogP contribution in [-0.4, -0.2) is 48.2 Å². The minimum absolute atomic E-state index is 0. The average molecular weight is 389 g/mol. The summed E-state index contributed by atoms with van der Waals surface area (Å²) in [6.07, 6.45) is 1.31. The van der Waals surface area contributed by atoms with Crippen molar-refractivity contribution in [3.63, 3.8) is 0 Å². The van der Waals surface area contributed by atoms with Gasteiger partial charge in [-0.05, 0) is 37.5 Å². The Hall–Kier alpha value is -1.34. The summed E-state index contributed by atoms with van der Waals surface area (Å²) in [5.41, 5.74) is 4.60. The fraction of sp³-hybridized carbons (Fsp3) is 0.529. The van der Waals surface area contributed by atoms with Crippen LogP contribution in [0.2, 0.25) is 0 Å². The van der Waals surface area contributed by atoms with Gasteiger partial charge in [-0.1, -0.05) is 6.07 Å². The molecule has 25 heavy (non-hydrogen) atoms. The molecule has 0 aliphatic carbocycles. The number of morpholine rings is 1. The van der Waals surface area contributed by atoms with Crippen molar-refractivity contribution < 1.29 is 9.53 Å². The topological polar surface area (TPSA) is 79.0 Å². The van der Waals surface area contributed by atoms with E-state index in [4.69, 9.17) is 4.74 Å². The van der Waals surface area contributed by atoms with Crippen LogP contribution in [0.5, 0.6) is 0 Å². The number of imidazole rings is 1. The van der Waals surface area contributed by atoms with Crippen molar-refractivity contribution >= 4 is 41.8 Å². The van der Waals surface area contributed by atoms with Crippen LogP contribution in [0.3, 0.4) is 0 Å². The molecule has 1 aromatic carbocycles. The summed E-state index contributed by atoms with van der Waals surface area (Å²) >= 11 is 0. The van der Waals surface area contributed by atoms with Gasteiger partial charge in [0.1, 0.15) is 11.9 Å². The number of hydrogen-bond donors (Lipinski definition) is 3. The molecule has 1 atom stereocenters. The first-order valence-electron chi connectivity index (χ1n) is 8.20. The molecule has 2 aromatic rings. The molecular formula is C17H26Cl2N4O2. The molecule has 8 heteroatoms. The van der Waals surface area contributed by atoms with Crippen molar-refractivity contribution in [2.45, 2.75) is 32.8 Å². The van der Waals surface area contributed by atoms with Gasteiger partial charge < -0.3 is 20.4 Å². The van der Waals surface area contributed by atoms with Gasteiger partial charge in [-0.25, -0.2) is 4.98 Å². The lowest BCUT2D eigenvalue weighted by Crippen LogP contribution is -2.48. The predicted molar refractivity (Wildman–Crippen MR) is 104 cm³/mol. The maximum atomic E-state index is 11.9. The average Bonchev–Trinajstić information content (AvgIpc) is 2.99. The Kier molecular flexibility index (Phi) is 8.65. The molecule has 0 bridgehead atoms. The van der Waals surface area contributed by atoms with Crippen LogP contribution in [-0.2, 0) is 16.0 Å². The number of aromatic nitrogens is 2. The smallest absolute Gasteiger partial charge is 0.250 e. The zero-order valence-corrected chi connectivity index (χ0v) is 16.2. The quantitative estimate of drug-likeness (QED) is 0.684. The summed E-state index contributed by atoms with van der Waals surface area (Å²) in [5.74, 6) is 0.937. The fourth-order valence-electron chi connectivity index (χ4n) is 2.80. The summed E-state index contributed by atoms with van der Waals surface area (Å²) in [4.78, 5) is 20.0. The molecule has 0 radical (unpaired) electrons. The summed E-state index contributed by atoms with van der Waals surface area (Å²) in [6.45, 7) is 6.83. The van der Waals surface area contributed by atoms with Crippen molar-refractivity contribution in [2.75, 3.05) is 26.2 Å². The highest BCUT2D eigenvalue weighted by Gasteiger charge is 2.20. The Morgan fingerprint density at radius 3 is 2.88 bits per heavy atom. The molecule has 1 amide bonds. The molecule has 1 fully saturated rings. The Morgan fingerprint density at radius 1 is 1.36 bits per heavy atom. The van der Waals surface area contributed by atoms with E-state index in [9.17, 15) is 4.79 Å². The zero-order valence-electron chi connectivity index (χ0n) is 14.6. The number of H-pyrrole nitrogens is 1. The van der Waals surface area contributed by atoms with Crippen molar-refractivity contribution in [3.05, 3.63) is 29.1 Å². The molecule has 6 nitrogen and oxygen atoms in total. The maximum Gasteiger partial charge on any atom is 0.250 e.